The quantitative estimate of drug-likeness (QED) is 0.701. The molecule has 88 valence electrons. The van der Waals surface area contributed by atoms with Crippen molar-refractivity contribution in [3.63, 3.8) is 0 Å². The van der Waals surface area contributed by atoms with Crippen LogP contribution in [0, 0.1) is 23.5 Å². The Morgan fingerprint density at radius 2 is 1.56 bits per heavy atom. The van der Waals surface area contributed by atoms with Crippen molar-refractivity contribution in [1.29, 1.82) is 0 Å². The lowest BCUT2D eigenvalue weighted by Crippen LogP contribution is -2.14. The maximum absolute atomic E-state index is 13.0. The average Bonchev–Trinajstić information content (AvgIpc) is 2.20. The summed E-state index contributed by atoms with van der Waals surface area (Å²) in [5, 5.41) is 0. The van der Waals surface area contributed by atoms with Crippen LogP contribution in [-0.4, -0.2) is 0 Å². The summed E-state index contributed by atoms with van der Waals surface area (Å²) in [6.45, 7) is 2.28. The Morgan fingerprint density at radius 3 is 2.12 bits per heavy atom. The lowest BCUT2D eigenvalue weighted by molar-refractivity contribution is 0.288. The van der Waals surface area contributed by atoms with E-state index in [1.54, 1.807) is 0 Å². The van der Waals surface area contributed by atoms with Crippen LogP contribution in [0.15, 0.2) is 18.2 Å². The highest BCUT2D eigenvalue weighted by atomic mass is 19.1. The highest BCUT2D eigenvalue weighted by Crippen LogP contribution is 2.30. The molecule has 0 atom stereocenters. The van der Waals surface area contributed by atoms with E-state index in [0.717, 1.165) is 24.0 Å². The van der Waals surface area contributed by atoms with Crippen LogP contribution in [0.2, 0.25) is 0 Å². The largest absolute Gasteiger partial charge is 0.207 e. The van der Waals surface area contributed by atoms with Crippen molar-refractivity contribution in [1.82, 2.24) is 0 Å². The van der Waals surface area contributed by atoms with Crippen LogP contribution < -0.4 is 0 Å². The predicted molar refractivity (Wildman–Crippen MR) is 61.2 cm³/mol. The third-order valence-electron chi connectivity index (χ3n) is 3.58. The fourth-order valence-corrected chi connectivity index (χ4v) is 2.60. The number of benzene rings is 1. The maximum Gasteiger partial charge on any atom is 0.126 e. The Bertz CT molecular complexity index is 332. The van der Waals surface area contributed by atoms with Crippen molar-refractivity contribution in [2.75, 3.05) is 0 Å². The molecule has 16 heavy (non-hydrogen) atoms. The van der Waals surface area contributed by atoms with Gasteiger partial charge in [0.25, 0.3) is 0 Å². The van der Waals surface area contributed by atoms with Crippen LogP contribution in [0.5, 0.6) is 0 Å². The summed E-state index contributed by atoms with van der Waals surface area (Å²) in [4.78, 5) is 0. The lowest BCUT2D eigenvalue weighted by atomic mass is 9.80. The zero-order chi connectivity index (χ0) is 11.5. The van der Waals surface area contributed by atoms with E-state index in [9.17, 15) is 8.78 Å². The van der Waals surface area contributed by atoms with Gasteiger partial charge in [-0.25, -0.2) is 8.78 Å². The Labute approximate surface area is 95.7 Å². The maximum atomic E-state index is 13.0. The van der Waals surface area contributed by atoms with Crippen LogP contribution in [0.4, 0.5) is 8.78 Å². The Hall–Kier alpha value is -0.920. The molecule has 0 unspecified atom stereocenters. The Morgan fingerprint density at radius 1 is 1.00 bits per heavy atom. The van der Waals surface area contributed by atoms with E-state index in [4.69, 9.17) is 0 Å². The molecule has 0 bridgehead atoms. The minimum Gasteiger partial charge on any atom is -0.207 e. The molecule has 0 saturated heterocycles. The third kappa shape index (κ3) is 3.03. The molecule has 0 radical (unpaired) electrons. The fraction of sp³-hybridized carbons (Fsp3) is 0.571. The Balaban J connectivity index is 1.98. The molecule has 0 amide bonds. The molecule has 1 aromatic carbocycles. The van der Waals surface area contributed by atoms with Crippen molar-refractivity contribution < 1.29 is 8.78 Å². The molecule has 1 aliphatic rings. The molecular formula is C14H18F2. The number of rotatable bonds is 2. The second-order valence-electron chi connectivity index (χ2n) is 5.11. The van der Waals surface area contributed by atoms with E-state index in [2.05, 4.69) is 6.92 Å². The van der Waals surface area contributed by atoms with E-state index in [0.29, 0.717) is 5.92 Å². The lowest BCUT2D eigenvalue weighted by Gasteiger charge is -2.26. The second kappa shape index (κ2) is 4.94. The molecule has 1 saturated carbocycles. The van der Waals surface area contributed by atoms with E-state index in [-0.39, 0.29) is 0 Å². The molecule has 2 rings (SSSR count). The molecule has 1 fully saturated rings. The summed E-state index contributed by atoms with van der Waals surface area (Å²) in [6.07, 6.45) is 5.71. The normalized spacial score (nSPS) is 25.7. The average molecular weight is 224 g/mol. The first kappa shape index (κ1) is 11.6. The van der Waals surface area contributed by atoms with Crippen molar-refractivity contribution >= 4 is 0 Å². The first-order chi connectivity index (χ1) is 7.63. The van der Waals surface area contributed by atoms with Gasteiger partial charge in [0.15, 0.2) is 0 Å². The molecule has 2 heteroatoms. The van der Waals surface area contributed by atoms with Gasteiger partial charge in [0.2, 0.25) is 0 Å². The van der Waals surface area contributed by atoms with Crippen LogP contribution in [-0.2, 0) is 6.42 Å². The summed E-state index contributed by atoms with van der Waals surface area (Å²) in [5.74, 6) is 0.510. The van der Waals surface area contributed by atoms with Gasteiger partial charge >= 0.3 is 0 Å². The van der Waals surface area contributed by atoms with Gasteiger partial charge < -0.3 is 0 Å². The minimum atomic E-state index is -0.459. The number of hydrogen-bond acceptors (Lipinski definition) is 0. The van der Waals surface area contributed by atoms with Crippen molar-refractivity contribution in [2.24, 2.45) is 11.8 Å². The van der Waals surface area contributed by atoms with Crippen molar-refractivity contribution in [2.45, 2.75) is 39.0 Å². The second-order valence-corrected chi connectivity index (χ2v) is 5.11. The predicted octanol–water partition coefficient (Wildman–Crippen LogP) is 4.33. The summed E-state index contributed by atoms with van der Waals surface area (Å²) < 4.78 is 26.0. The molecular weight excluding hydrogens is 206 g/mol. The highest BCUT2D eigenvalue weighted by Gasteiger charge is 2.18. The monoisotopic (exact) mass is 224 g/mol. The van der Waals surface area contributed by atoms with Gasteiger partial charge in [0.05, 0.1) is 0 Å². The molecule has 0 aromatic heterocycles. The first-order valence-electron chi connectivity index (χ1n) is 6.08. The van der Waals surface area contributed by atoms with E-state index in [1.807, 2.05) is 0 Å². The van der Waals surface area contributed by atoms with Gasteiger partial charge in [0, 0.05) is 6.07 Å². The van der Waals surface area contributed by atoms with Gasteiger partial charge in [-0.15, -0.1) is 0 Å². The summed E-state index contributed by atoms with van der Waals surface area (Å²) in [5.41, 5.74) is 0.803. The molecule has 1 aliphatic carbocycles. The van der Waals surface area contributed by atoms with Gasteiger partial charge in [0.1, 0.15) is 11.6 Å². The molecule has 0 spiro atoms. The van der Waals surface area contributed by atoms with Gasteiger partial charge in [-0.05, 0) is 48.8 Å². The SMILES string of the molecule is CC1CCC(Cc2cc(F)cc(F)c2)CC1. The van der Waals surface area contributed by atoms with Gasteiger partial charge in [-0.3, -0.25) is 0 Å². The zero-order valence-electron chi connectivity index (χ0n) is 9.68. The van der Waals surface area contributed by atoms with Crippen molar-refractivity contribution in [3.05, 3.63) is 35.4 Å². The van der Waals surface area contributed by atoms with Gasteiger partial charge in [-0.2, -0.15) is 0 Å². The summed E-state index contributed by atoms with van der Waals surface area (Å²) >= 11 is 0. The minimum absolute atomic E-state index is 0.459. The summed E-state index contributed by atoms with van der Waals surface area (Å²) in [7, 11) is 0. The molecule has 0 aliphatic heterocycles. The van der Waals surface area contributed by atoms with E-state index in [1.165, 1.54) is 37.8 Å². The molecule has 0 N–H and O–H groups in total. The number of hydrogen-bond donors (Lipinski definition) is 0. The smallest absolute Gasteiger partial charge is 0.126 e. The van der Waals surface area contributed by atoms with Crippen LogP contribution >= 0.6 is 0 Å². The Kier molecular flexibility index (Phi) is 3.57. The highest BCUT2D eigenvalue weighted by molar-refractivity contribution is 5.18. The van der Waals surface area contributed by atoms with Gasteiger partial charge in [-0.1, -0.05) is 19.8 Å². The fourth-order valence-electron chi connectivity index (χ4n) is 2.60. The molecule has 0 heterocycles. The number of halogens is 2. The van der Waals surface area contributed by atoms with E-state index < -0.39 is 11.6 Å². The third-order valence-corrected chi connectivity index (χ3v) is 3.58. The topological polar surface area (TPSA) is 0 Å². The van der Waals surface area contributed by atoms with Crippen molar-refractivity contribution in [3.8, 4) is 0 Å². The zero-order valence-corrected chi connectivity index (χ0v) is 9.68. The van der Waals surface area contributed by atoms with Crippen LogP contribution in [0.3, 0.4) is 0 Å². The first-order valence-corrected chi connectivity index (χ1v) is 6.08. The summed E-state index contributed by atoms with van der Waals surface area (Å²) in [6, 6.07) is 3.86. The standard InChI is InChI=1S/C14H18F2/c1-10-2-4-11(5-3-10)6-12-7-13(15)9-14(16)8-12/h7-11H,2-6H2,1H3. The van der Waals surface area contributed by atoms with Crippen LogP contribution in [0.1, 0.15) is 38.2 Å². The molecule has 1 aromatic rings. The van der Waals surface area contributed by atoms with E-state index >= 15 is 0 Å². The van der Waals surface area contributed by atoms with Crippen LogP contribution in [0.25, 0.3) is 0 Å². The molecule has 0 nitrogen and oxygen atoms in total.